The number of aromatic nitrogens is 8. The number of carbonyl (C=O) groups is 1. The number of phosphoric acid groups is 2. The molecule has 0 bridgehead atoms. The molecule has 3 saturated heterocycles. The SMILES string of the molecule is Nc1nc2c(ncn2[C@@H]2O[C@@H]3COP(=O)([O-])OC4[C@@H](COP(=O)([O-])OC3[C@@H]2O)O[C@@H](n2c(CC(=O)O)nc3c(=O)[nH]c(N)nc32)[C@H]4O)c(=O)[nH]1. The van der Waals surface area contributed by atoms with E-state index in [1.54, 1.807) is 0 Å². The van der Waals surface area contributed by atoms with E-state index >= 15 is 0 Å². The highest BCUT2D eigenvalue weighted by Gasteiger charge is 2.52. The van der Waals surface area contributed by atoms with Gasteiger partial charge < -0.3 is 64.1 Å². The number of nitrogen functional groups attached to an aromatic ring is 2. The number of aliphatic hydroxyl groups is 2. The van der Waals surface area contributed by atoms with Crippen LogP contribution in [0.1, 0.15) is 18.3 Å². The number of carboxylic acid groups (broad SMARTS) is 1. The van der Waals surface area contributed by atoms with Crippen LogP contribution in [0.4, 0.5) is 11.9 Å². The van der Waals surface area contributed by atoms with Crippen molar-refractivity contribution in [1.82, 2.24) is 39.0 Å². The summed E-state index contributed by atoms with van der Waals surface area (Å²) < 4.78 is 59.6. The van der Waals surface area contributed by atoms with E-state index in [0.717, 1.165) is 15.5 Å². The molecule has 4 aromatic rings. The first-order valence-corrected chi connectivity index (χ1v) is 17.1. The molecule has 3 fully saturated rings. The average Bonchev–Trinajstić information content (AvgIpc) is 3.74. The van der Waals surface area contributed by atoms with E-state index in [1.807, 2.05) is 0 Å². The molecule has 4 unspecified atom stereocenters. The largest absolute Gasteiger partial charge is 0.756 e. The molecule has 0 spiro atoms. The van der Waals surface area contributed by atoms with Crippen LogP contribution in [0.2, 0.25) is 0 Å². The zero-order valence-corrected chi connectivity index (χ0v) is 26.5. The number of nitrogens with two attached hydrogens (primary N) is 2. The predicted molar refractivity (Wildman–Crippen MR) is 153 cm³/mol. The van der Waals surface area contributed by atoms with Gasteiger partial charge in [0.2, 0.25) is 11.9 Å². The van der Waals surface area contributed by atoms with Gasteiger partial charge in [-0.3, -0.25) is 42.6 Å². The van der Waals surface area contributed by atoms with E-state index < -0.39 is 113 Å². The molecule has 3 aliphatic rings. The maximum Gasteiger partial charge on any atom is 0.311 e. The number of phosphoric ester groups is 2. The van der Waals surface area contributed by atoms with Crippen LogP contribution < -0.4 is 32.4 Å². The number of nitrogens with one attached hydrogen (secondary N) is 2. The third-order valence-corrected chi connectivity index (χ3v) is 9.78. The van der Waals surface area contributed by atoms with E-state index in [0.29, 0.717) is 0 Å². The number of aliphatic hydroxyl groups excluding tert-OH is 2. The molecule has 3 aliphatic heterocycles. The van der Waals surface area contributed by atoms with E-state index in [1.165, 1.54) is 0 Å². The van der Waals surface area contributed by atoms with E-state index in [9.17, 15) is 48.6 Å². The molecule has 26 nitrogen and oxygen atoms in total. The highest BCUT2D eigenvalue weighted by Crippen LogP contribution is 2.51. The molecule has 7 heterocycles. The number of aliphatic carboxylic acids is 1. The van der Waals surface area contributed by atoms with Gasteiger partial charge in [-0.15, -0.1) is 0 Å². The Morgan fingerprint density at radius 1 is 0.880 bits per heavy atom. The lowest BCUT2D eigenvalue weighted by Crippen LogP contribution is -2.41. The minimum atomic E-state index is -5.49. The Hall–Kier alpha value is -4.17. The Kier molecular flexibility index (Phi) is 8.40. The molecule has 9 N–H and O–H groups in total. The Balaban J connectivity index is 1.20. The summed E-state index contributed by atoms with van der Waals surface area (Å²) in [6.07, 6.45) is -14.5. The molecule has 28 heteroatoms. The van der Waals surface area contributed by atoms with Crippen molar-refractivity contribution < 1.29 is 66.6 Å². The normalized spacial score (nSPS) is 35.0. The van der Waals surface area contributed by atoms with Gasteiger partial charge in [-0.25, -0.2) is 9.97 Å². The van der Waals surface area contributed by atoms with Crippen LogP contribution in [0.5, 0.6) is 0 Å². The van der Waals surface area contributed by atoms with E-state index in [-0.39, 0.29) is 28.6 Å². The van der Waals surface area contributed by atoms with Gasteiger partial charge in [-0.2, -0.15) is 9.97 Å². The number of anilines is 2. The number of hydrogen-bond donors (Lipinski definition) is 7. The zero-order valence-electron chi connectivity index (χ0n) is 24.7. The minimum Gasteiger partial charge on any atom is -0.756 e. The number of rotatable bonds is 4. The highest BCUT2D eigenvalue weighted by molar-refractivity contribution is 7.46. The van der Waals surface area contributed by atoms with Crippen molar-refractivity contribution in [3.8, 4) is 0 Å². The predicted octanol–water partition coefficient (Wildman–Crippen LogP) is -4.69. The average molecular weight is 746 g/mol. The zero-order chi connectivity index (χ0) is 35.9. The number of ether oxygens (including phenoxy) is 2. The summed E-state index contributed by atoms with van der Waals surface area (Å²) >= 11 is 0. The molecule has 7 rings (SSSR count). The van der Waals surface area contributed by atoms with Gasteiger partial charge in [0.05, 0.1) is 19.5 Å². The smallest absolute Gasteiger partial charge is 0.311 e. The van der Waals surface area contributed by atoms with Crippen molar-refractivity contribution in [3.63, 3.8) is 0 Å². The summed E-state index contributed by atoms with van der Waals surface area (Å²) in [5.41, 5.74) is 8.45. The Labute approximate surface area is 274 Å². The summed E-state index contributed by atoms with van der Waals surface area (Å²) in [7, 11) is -11.0. The molecule has 50 heavy (non-hydrogen) atoms. The Morgan fingerprint density at radius 3 is 1.98 bits per heavy atom. The summed E-state index contributed by atoms with van der Waals surface area (Å²) in [6, 6.07) is 0. The quantitative estimate of drug-likeness (QED) is 0.0965. The number of nitrogens with zero attached hydrogens (tertiary/aromatic N) is 6. The molecular weight excluding hydrogens is 722 g/mol. The lowest BCUT2D eigenvalue weighted by atomic mass is 10.1. The number of H-pyrrole nitrogens is 2. The fourth-order valence-electron chi connectivity index (χ4n) is 5.80. The Morgan fingerprint density at radius 2 is 1.40 bits per heavy atom. The van der Waals surface area contributed by atoms with Gasteiger partial charge in [0.1, 0.15) is 48.9 Å². The summed E-state index contributed by atoms with van der Waals surface area (Å²) in [4.78, 5) is 82.6. The maximum atomic E-state index is 13.1. The van der Waals surface area contributed by atoms with Gasteiger partial charge in [0, 0.05) is 0 Å². The van der Waals surface area contributed by atoms with Crippen LogP contribution in [0.3, 0.4) is 0 Å². The van der Waals surface area contributed by atoms with Crippen LogP contribution in [-0.4, -0.2) is 110 Å². The first-order valence-electron chi connectivity index (χ1n) is 14.2. The molecule has 270 valence electrons. The molecule has 0 amide bonds. The fraction of sp³-hybridized carbons (Fsp3) is 0.500. The molecule has 0 saturated carbocycles. The van der Waals surface area contributed by atoms with Gasteiger partial charge in [0.15, 0.2) is 34.8 Å². The summed E-state index contributed by atoms with van der Waals surface area (Å²) in [6.45, 7) is -2.10. The molecule has 10 atom stereocenters. The third-order valence-electron chi connectivity index (χ3n) is 7.84. The number of aromatic amines is 2. The maximum absolute atomic E-state index is 13.1. The second-order valence-electron chi connectivity index (χ2n) is 11.1. The van der Waals surface area contributed by atoms with Crippen LogP contribution >= 0.6 is 15.6 Å². The number of fused-ring (bicyclic) bond motifs is 4. The van der Waals surface area contributed by atoms with Crippen molar-refractivity contribution >= 4 is 55.8 Å². The van der Waals surface area contributed by atoms with Crippen molar-refractivity contribution in [2.75, 3.05) is 24.7 Å². The number of hydrogen-bond acceptors (Lipinski definition) is 21. The lowest BCUT2D eigenvalue weighted by Gasteiger charge is -2.34. The first kappa shape index (κ1) is 34.3. The van der Waals surface area contributed by atoms with E-state index in [4.69, 9.17) is 39.0 Å². The van der Waals surface area contributed by atoms with Gasteiger partial charge in [-0.1, -0.05) is 0 Å². The number of carboxylic acids is 1. The molecule has 0 aromatic carbocycles. The fourth-order valence-corrected chi connectivity index (χ4v) is 7.70. The number of imidazole rings is 2. The second-order valence-corrected chi connectivity index (χ2v) is 13.8. The molecule has 0 radical (unpaired) electrons. The van der Waals surface area contributed by atoms with Crippen LogP contribution in [0.15, 0.2) is 15.9 Å². The third kappa shape index (κ3) is 6.10. The van der Waals surface area contributed by atoms with Crippen LogP contribution in [0, 0.1) is 0 Å². The van der Waals surface area contributed by atoms with Gasteiger partial charge in [-0.05, 0) is 0 Å². The topological polar surface area (TPSA) is 393 Å². The summed E-state index contributed by atoms with van der Waals surface area (Å²) in [5, 5.41) is 31.8. The van der Waals surface area contributed by atoms with Crippen molar-refractivity contribution in [1.29, 1.82) is 0 Å². The van der Waals surface area contributed by atoms with Gasteiger partial charge >= 0.3 is 5.97 Å². The Bertz CT molecular complexity index is 2220. The second kappa shape index (κ2) is 12.3. The van der Waals surface area contributed by atoms with Crippen molar-refractivity contribution in [2.45, 2.75) is 55.5 Å². The highest BCUT2D eigenvalue weighted by atomic mass is 31.2. The van der Waals surface area contributed by atoms with Crippen LogP contribution in [-0.2, 0) is 47.9 Å². The lowest BCUT2D eigenvalue weighted by molar-refractivity contribution is -0.244. The minimum absolute atomic E-state index is 0.180. The first-order chi connectivity index (χ1) is 23.5. The standard InChI is InChI=1S/C22H26N10O16P2/c23-21-27-15-9(17(37)29-21)25-4-31(15)19-11(35)13-5(45-19)2-43-50(41,42)48-14-6(3-44-49(39,40)47-13)46-20(12(14)36)32-7(1-8(33)34)26-10-16(32)28-22(24)30-18(10)38/h4-6,11-14,19-20,35-36H,1-3H2,(H,33,34)(H,39,40)(H,41,42)(H3,23,27,29,37)(H3,24,28,30,38)/p-2/t5-,6-,11+,12+,13?,14?,19-,20-/m1/s1. The molecule has 0 aliphatic carbocycles. The van der Waals surface area contributed by atoms with Crippen molar-refractivity contribution in [3.05, 3.63) is 32.9 Å². The van der Waals surface area contributed by atoms with Gasteiger partial charge in [0.25, 0.3) is 26.8 Å². The summed E-state index contributed by atoms with van der Waals surface area (Å²) in [5.74, 6) is -2.58. The monoisotopic (exact) mass is 746 g/mol. The molecule has 4 aromatic heterocycles. The molecular formula is C22H24N10O16P2-2. The van der Waals surface area contributed by atoms with Crippen LogP contribution in [0.25, 0.3) is 22.3 Å². The van der Waals surface area contributed by atoms with E-state index in [2.05, 4.69) is 29.9 Å². The van der Waals surface area contributed by atoms with Crippen molar-refractivity contribution in [2.24, 2.45) is 0 Å².